The SMILES string of the molecule is CCCCNc1cnc(C(=O)NCC(C)C)cn1. The van der Waals surface area contributed by atoms with E-state index < -0.39 is 0 Å². The summed E-state index contributed by atoms with van der Waals surface area (Å²) in [6.45, 7) is 7.76. The van der Waals surface area contributed by atoms with Gasteiger partial charge in [0.1, 0.15) is 11.5 Å². The van der Waals surface area contributed by atoms with Gasteiger partial charge in [-0.1, -0.05) is 27.2 Å². The van der Waals surface area contributed by atoms with Crippen molar-refractivity contribution in [3.8, 4) is 0 Å². The van der Waals surface area contributed by atoms with Gasteiger partial charge in [-0.3, -0.25) is 4.79 Å². The predicted octanol–water partition coefficient (Wildman–Crippen LogP) is 2.07. The van der Waals surface area contributed by atoms with Gasteiger partial charge in [0.25, 0.3) is 5.91 Å². The predicted molar refractivity (Wildman–Crippen MR) is 72.6 cm³/mol. The maximum Gasteiger partial charge on any atom is 0.271 e. The zero-order valence-corrected chi connectivity index (χ0v) is 11.4. The number of carbonyl (C=O) groups is 1. The fourth-order valence-corrected chi connectivity index (χ4v) is 1.32. The first kappa shape index (κ1) is 14.4. The molecule has 0 saturated carbocycles. The Labute approximate surface area is 108 Å². The summed E-state index contributed by atoms with van der Waals surface area (Å²) >= 11 is 0. The van der Waals surface area contributed by atoms with Crippen LogP contribution in [-0.4, -0.2) is 29.0 Å². The molecule has 0 aliphatic rings. The molecule has 0 aliphatic heterocycles. The molecule has 0 fully saturated rings. The van der Waals surface area contributed by atoms with Gasteiger partial charge in [0.2, 0.25) is 0 Å². The lowest BCUT2D eigenvalue weighted by molar-refractivity contribution is 0.0943. The molecule has 1 amide bonds. The summed E-state index contributed by atoms with van der Waals surface area (Å²) in [6.07, 6.45) is 5.33. The third-order valence-corrected chi connectivity index (χ3v) is 2.39. The van der Waals surface area contributed by atoms with Gasteiger partial charge in [0.15, 0.2) is 0 Å². The molecule has 1 heterocycles. The highest BCUT2D eigenvalue weighted by Gasteiger charge is 2.07. The summed E-state index contributed by atoms with van der Waals surface area (Å²) in [5.41, 5.74) is 0.358. The number of aromatic nitrogens is 2. The van der Waals surface area contributed by atoms with Crippen LogP contribution in [0, 0.1) is 5.92 Å². The summed E-state index contributed by atoms with van der Waals surface area (Å²) in [5, 5.41) is 5.96. The Morgan fingerprint density at radius 3 is 2.67 bits per heavy atom. The van der Waals surface area contributed by atoms with Crippen LogP contribution in [0.2, 0.25) is 0 Å². The van der Waals surface area contributed by atoms with Gasteiger partial charge < -0.3 is 10.6 Å². The van der Waals surface area contributed by atoms with Crippen LogP contribution in [-0.2, 0) is 0 Å². The minimum atomic E-state index is -0.170. The fraction of sp³-hybridized carbons (Fsp3) is 0.615. The molecule has 100 valence electrons. The molecular weight excluding hydrogens is 228 g/mol. The first-order valence-corrected chi connectivity index (χ1v) is 6.47. The van der Waals surface area contributed by atoms with E-state index in [4.69, 9.17) is 0 Å². The summed E-state index contributed by atoms with van der Waals surface area (Å²) in [6, 6.07) is 0. The van der Waals surface area contributed by atoms with E-state index in [0.717, 1.165) is 19.4 Å². The van der Waals surface area contributed by atoms with Crippen LogP contribution >= 0.6 is 0 Å². The van der Waals surface area contributed by atoms with E-state index in [1.807, 2.05) is 13.8 Å². The summed E-state index contributed by atoms with van der Waals surface area (Å²) < 4.78 is 0. The molecule has 5 heteroatoms. The molecule has 0 unspecified atom stereocenters. The smallest absolute Gasteiger partial charge is 0.271 e. The molecule has 1 aromatic rings. The lowest BCUT2D eigenvalue weighted by Gasteiger charge is -2.07. The maximum atomic E-state index is 11.7. The molecule has 1 aromatic heterocycles. The van der Waals surface area contributed by atoms with Crippen molar-refractivity contribution < 1.29 is 4.79 Å². The molecule has 18 heavy (non-hydrogen) atoms. The summed E-state index contributed by atoms with van der Waals surface area (Å²) in [5.74, 6) is 0.970. The van der Waals surface area contributed by atoms with Crippen LogP contribution in [0.5, 0.6) is 0 Å². The van der Waals surface area contributed by atoms with E-state index in [1.165, 1.54) is 6.20 Å². The summed E-state index contributed by atoms with van der Waals surface area (Å²) in [4.78, 5) is 19.9. The number of nitrogens with zero attached hydrogens (tertiary/aromatic N) is 2. The topological polar surface area (TPSA) is 66.9 Å². The Kier molecular flexibility index (Phi) is 6.11. The zero-order valence-electron chi connectivity index (χ0n) is 11.4. The van der Waals surface area contributed by atoms with Crippen LogP contribution in [0.1, 0.15) is 44.1 Å². The molecule has 0 saturated heterocycles. The Balaban J connectivity index is 2.46. The number of nitrogens with one attached hydrogen (secondary N) is 2. The maximum absolute atomic E-state index is 11.7. The third-order valence-electron chi connectivity index (χ3n) is 2.39. The highest BCUT2D eigenvalue weighted by atomic mass is 16.1. The quantitative estimate of drug-likeness (QED) is 0.727. The van der Waals surface area contributed by atoms with Gasteiger partial charge >= 0.3 is 0 Å². The first-order valence-electron chi connectivity index (χ1n) is 6.47. The van der Waals surface area contributed by atoms with Gasteiger partial charge in [-0.2, -0.15) is 0 Å². The average Bonchev–Trinajstić information content (AvgIpc) is 2.37. The zero-order chi connectivity index (χ0) is 13.4. The molecule has 2 N–H and O–H groups in total. The van der Waals surface area contributed by atoms with E-state index in [0.29, 0.717) is 24.0 Å². The molecule has 0 radical (unpaired) electrons. The highest BCUT2D eigenvalue weighted by Crippen LogP contribution is 2.02. The van der Waals surface area contributed by atoms with Crippen molar-refractivity contribution in [3.63, 3.8) is 0 Å². The van der Waals surface area contributed by atoms with Gasteiger partial charge in [-0.25, -0.2) is 9.97 Å². The molecule has 0 aromatic carbocycles. The van der Waals surface area contributed by atoms with Crippen molar-refractivity contribution in [1.82, 2.24) is 15.3 Å². The van der Waals surface area contributed by atoms with Crippen molar-refractivity contribution >= 4 is 11.7 Å². The number of hydrogen-bond acceptors (Lipinski definition) is 4. The Bertz CT molecular complexity index is 362. The standard InChI is InChI=1S/C13H22N4O/c1-4-5-6-14-12-9-15-11(8-16-12)13(18)17-7-10(2)3/h8-10H,4-7H2,1-3H3,(H,14,16)(H,17,18). The van der Waals surface area contributed by atoms with Crippen LogP contribution < -0.4 is 10.6 Å². The van der Waals surface area contributed by atoms with E-state index in [2.05, 4.69) is 27.5 Å². The second-order valence-corrected chi connectivity index (χ2v) is 4.67. The molecule has 0 atom stereocenters. The number of unbranched alkanes of at least 4 members (excludes halogenated alkanes) is 1. The van der Waals surface area contributed by atoms with Crippen molar-refractivity contribution in [2.45, 2.75) is 33.6 Å². The lowest BCUT2D eigenvalue weighted by atomic mass is 10.2. The highest BCUT2D eigenvalue weighted by molar-refractivity contribution is 5.91. The van der Waals surface area contributed by atoms with Crippen molar-refractivity contribution in [2.24, 2.45) is 5.92 Å². The summed E-state index contributed by atoms with van der Waals surface area (Å²) in [7, 11) is 0. The number of hydrogen-bond donors (Lipinski definition) is 2. The average molecular weight is 250 g/mol. The second-order valence-electron chi connectivity index (χ2n) is 4.67. The Hall–Kier alpha value is -1.65. The Morgan fingerprint density at radius 2 is 2.11 bits per heavy atom. The van der Waals surface area contributed by atoms with Crippen molar-refractivity contribution in [2.75, 3.05) is 18.4 Å². The molecule has 0 spiro atoms. The number of amides is 1. The van der Waals surface area contributed by atoms with Crippen molar-refractivity contribution in [3.05, 3.63) is 18.1 Å². The van der Waals surface area contributed by atoms with Gasteiger partial charge in [-0.15, -0.1) is 0 Å². The van der Waals surface area contributed by atoms with Crippen molar-refractivity contribution in [1.29, 1.82) is 0 Å². The monoisotopic (exact) mass is 250 g/mol. The number of carbonyl (C=O) groups excluding carboxylic acids is 1. The largest absolute Gasteiger partial charge is 0.369 e. The van der Waals surface area contributed by atoms with Crippen LogP contribution in [0.15, 0.2) is 12.4 Å². The van der Waals surface area contributed by atoms with E-state index in [9.17, 15) is 4.79 Å². The van der Waals surface area contributed by atoms with Crippen LogP contribution in [0.25, 0.3) is 0 Å². The second kappa shape index (κ2) is 7.63. The lowest BCUT2D eigenvalue weighted by Crippen LogP contribution is -2.28. The molecular formula is C13H22N4O. The van der Waals surface area contributed by atoms with Gasteiger partial charge in [-0.05, 0) is 12.3 Å². The minimum Gasteiger partial charge on any atom is -0.369 e. The van der Waals surface area contributed by atoms with Gasteiger partial charge in [0, 0.05) is 13.1 Å². The molecule has 1 rings (SSSR count). The van der Waals surface area contributed by atoms with Gasteiger partial charge in [0.05, 0.1) is 12.4 Å². The van der Waals surface area contributed by atoms with E-state index in [1.54, 1.807) is 6.20 Å². The molecule has 0 aliphatic carbocycles. The number of anilines is 1. The van der Waals surface area contributed by atoms with E-state index in [-0.39, 0.29) is 5.91 Å². The van der Waals surface area contributed by atoms with Crippen LogP contribution in [0.3, 0.4) is 0 Å². The van der Waals surface area contributed by atoms with Crippen LogP contribution in [0.4, 0.5) is 5.82 Å². The normalized spacial score (nSPS) is 10.4. The van der Waals surface area contributed by atoms with E-state index >= 15 is 0 Å². The minimum absolute atomic E-state index is 0.170. The number of rotatable bonds is 7. The molecule has 0 bridgehead atoms. The third kappa shape index (κ3) is 5.12. The molecule has 5 nitrogen and oxygen atoms in total. The Morgan fingerprint density at radius 1 is 1.33 bits per heavy atom. The first-order chi connectivity index (χ1) is 8.63. The fourth-order valence-electron chi connectivity index (χ4n) is 1.32.